The molecule has 4 N–H and O–H groups in total. The number of allylic oxidation sites excluding steroid dienone is 2. The van der Waals surface area contributed by atoms with Crippen LogP contribution in [0.5, 0.6) is 0 Å². The molecule has 0 radical (unpaired) electrons. The van der Waals surface area contributed by atoms with Crippen molar-refractivity contribution in [2.45, 2.75) is 392 Å². The smallest absolute Gasteiger partial charge is 0.220 e. The van der Waals surface area contributed by atoms with Crippen LogP contribution in [0.25, 0.3) is 0 Å². The average Bonchev–Trinajstić information content (AvgIpc) is 3.36. The number of carbonyl (C=O) groups is 1. The molecule has 0 aliphatic heterocycles. The number of unbranched alkanes of at least 4 members (excludes halogenated alkanes) is 51. The van der Waals surface area contributed by atoms with Crippen molar-refractivity contribution in [3.63, 3.8) is 0 Å². The topological polar surface area (TPSA) is 89.8 Å². The molecule has 0 heterocycles. The molecule has 0 aromatic carbocycles. The second-order valence-corrected chi connectivity index (χ2v) is 22.7. The monoisotopic (exact) mass is 988 g/mol. The third-order valence-corrected chi connectivity index (χ3v) is 15.6. The Balaban J connectivity index is 3.47. The van der Waals surface area contributed by atoms with Crippen molar-refractivity contribution in [2.75, 3.05) is 6.61 Å². The Morgan fingerprint density at radius 1 is 0.343 bits per heavy atom. The molecular formula is C65H129NO4. The van der Waals surface area contributed by atoms with Crippen LogP contribution in [0.15, 0.2) is 12.2 Å². The van der Waals surface area contributed by atoms with Gasteiger partial charge in [0.1, 0.15) is 6.10 Å². The second kappa shape index (κ2) is 60.6. The van der Waals surface area contributed by atoms with Gasteiger partial charge in [-0.05, 0) is 38.5 Å². The van der Waals surface area contributed by atoms with Crippen LogP contribution in [0.3, 0.4) is 0 Å². The minimum absolute atomic E-state index is 0.145. The molecule has 1 amide bonds. The standard InChI is InChI=1S/C65H129NO4/c1-3-5-7-9-11-13-15-17-19-21-23-25-27-29-30-31-32-33-34-35-36-38-40-42-44-46-48-50-52-54-56-58-60-64(69)66-62(61-67)65(70)63(68)59-57-55-53-51-49-47-45-43-41-39-37-28-26-24-22-20-18-16-14-12-10-8-6-4-2/h51,53,62-63,65,67-68,70H,3-50,52,54-61H2,1-2H3,(H,66,69)/b53-51+. The number of hydrogen-bond acceptors (Lipinski definition) is 4. The predicted octanol–water partition coefficient (Wildman–Crippen LogP) is 20.6. The van der Waals surface area contributed by atoms with E-state index in [2.05, 4.69) is 31.3 Å². The van der Waals surface area contributed by atoms with E-state index in [0.717, 1.165) is 38.5 Å². The molecule has 70 heavy (non-hydrogen) atoms. The molecule has 0 aromatic rings. The van der Waals surface area contributed by atoms with Gasteiger partial charge in [0.25, 0.3) is 0 Å². The fraction of sp³-hybridized carbons (Fsp3) is 0.954. The Labute approximate surface area is 440 Å². The largest absolute Gasteiger partial charge is 0.394 e. The summed E-state index contributed by atoms with van der Waals surface area (Å²) in [4.78, 5) is 12.6. The van der Waals surface area contributed by atoms with Crippen LogP contribution in [-0.2, 0) is 4.79 Å². The van der Waals surface area contributed by atoms with Crippen LogP contribution in [0.1, 0.15) is 373 Å². The summed E-state index contributed by atoms with van der Waals surface area (Å²) < 4.78 is 0. The first-order chi connectivity index (χ1) is 34.6. The van der Waals surface area contributed by atoms with E-state index in [-0.39, 0.29) is 12.5 Å². The lowest BCUT2D eigenvalue weighted by Gasteiger charge is -2.26. The zero-order chi connectivity index (χ0) is 50.7. The number of hydrogen-bond donors (Lipinski definition) is 4. The summed E-state index contributed by atoms with van der Waals surface area (Å²) in [7, 11) is 0. The highest BCUT2D eigenvalue weighted by Crippen LogP contribution is 2.19. The molecule has 418 valence electrons. The lowest BCUT2D eigenvalue weighted by Crippen LogP contribution is -2.50. The van der Waals surface area contributed by atoms with Crippen LogP contribution < -0.4 is 5.32 Å². The Morgan fingerprint density at radius 3 is 0.829 bits per heavy atom. The number of amides is 1. The van der Waals surface area contributed by atoms with Crippen molar-refractivity contribution in [3.05, 3.63) is 12.2 Å². The summed E-state index contributed by atoms with van der Waals surface area (Å²) in [6.45, 7) is 4.22. The molecule has 0 aliphatic rings. The van der Waals surface area contributed by atoms with E-state index < -0.39 is 18.2 Å². The zero-order valence-electron chi connectivity index (χ0n) is 47.9. The molecule has 0 bridgehead atoms. The normalized spacial score (nSPS) is 13.2. The highest BCUT2D eigenvalue weighted by molar-refractivity contribution is 5.76. The fourth-order valence-corrected chi connectivity index (χ4v) is 10.6. The molecule has 3 unspecified atom stereocenters. The van der Waals surface area contributed by atoms with Gasteiger partial charge in [-0.25, -0.2) is 0 Å². The van der Waals surface area contributed by atoms with Crippen molar-refractivity contribution in [2.24, 2.45) is 0 Å². The molecule has 0 saturated carbocycles. The number of nitrogens with one attached hydrogen (secondary N) is 1. The molecule has 5 nitrogen and oxygen atoms in total. The SMILES string of the molecule is CCCCCCCCCCCCCCCCCCCCC/C=C/CCCC(O)C(O)C(CO)NC(=O)CCCCCCCCCCCCCCCCCCCCCCCCCCCCCCCCCC. The van der Waals surface area contributed by atoms with Gasteiger partial charge in [0.15, 0.2) is 0 Å². The number of aliphatic hydroxyl groups excluding tert-OH is 3. The molecule has 5 heteroatoms. The predicted molar refractivity (Wildman–Crippen MR) is 310 cm³/mol. The van der Waals surface area contributed by atoms with Gasteiger partial charge in [0.2, 0.25) is 5.91 Å². The number of rotatable bonds is 61. The van der Waals surface area contributed by atoms with Gasteiger partial charge in [-0.3, -0.25) is 4.79 Å². The van der Waals surface area contributed by atoms with Crippen LogP contribution in [0.4, 0.5) is 0 Å². The summed E-state index contributed by atoms with van der Waals surface area (Å²) in [5, 5.41) is 33.9. The quantitative estimate of drug-likeness (QED) is 0.0361. The van der Waals surface area contributed by atoms with Crippen molar-refractivity contribution < 1.29 is 20.1 Å². The van der Waals surface area contributed by atoms with Crippen molar-refractivity contribution in [1.29, 1.82) is 0 Å². The van der Waals surface area contributed by atoms with E-state index in [1.807, 2.05) is 0 Å². The van der Waals surface area contributed by atoms with Crippen molar-refractivity contribution in [3.8, 4) is 0 Å². The Bertz CT molecular complexity index is 1000. The molecule has 0 rings (SSSR count). The lowest BCUT2D eigenvalue weighted by atomic mass is 10.0. The molecular weight excluding hydrogens is 859 g/mol. The number of carbonyl (C=O) groups excluding carboxylic acids is 1. The van der Waals surface area contributed by atoms with E-state index in [1.54, 1.807) is 0 Å². The Morgan fingerprint density at radius 2 is 0.571 bits per heavy atom. The van der Waals surface area contributed by atoms with E-state index in [4.69, 9.17) is 0 Å². The summed E-state index contributed by atoms with van der Waals surface area (Å²) >= 11 is 0. The minimum Gasteiger partial charge on any atom is -0.394 e. The third kappa shape index (κ3) is 54.9. The van der Waals surface area contributed by atoms with Gasteiger partial charge in [-0.2, -0.15) is 0 Å². The van der Waals surface area contributed by atoms with Crippen LogP contribution in [0, 0.1) is 0 Å². The number of aliphatic hydroxyl groups is 3. The molecule has 0 aliphatic carbocycles. The molecule has 0 aromatic heterocycles. The molecule has 3 atom stereocenters. The van der Waals surface area contributed by atoms with E-state index >= 15 is 0 Å². The fourth-order valence-electron chi connectivity index (χ4n) is 10.6. The maximum atomic E-state index is 12.6. The van der Waals surface area contributed by atoms with Gasteiger partial charge < -0.3 is 20.6 Å². The molecule has 0 fully saturated rings. The summed E-state index contributed by atoms with van der Waals surface area (Å²) in [5.41, 5.74) is 0. The van der Waals surface area contributed by atoms with Crippen molar-refractivity contribution in [1.82, 2.24) is 5.32 Å². The zero-order valence-corrected chi connectivity index (χ0v) is 47.9. The second-order valence-electron chi connectivity index (χ2n) is 22.7. The third-order valence-electron chi connectivity index (χ3n) is 15.6. The van der Waals surface area contributed by atoms with Crippen LogP contribution in [0.2, 0.25) is 0 Å². The molecule has 0 saturated heterocycles. The summed E-state index contributed by atoms with van der Waals surface area (Å²) in [6, 6.07) is -0.823. The van der Waals surface area contributed by atoms with Gasteiger partial charge in [0, 0.05) is 6.42 Å². The van der Waals surface area contributed by atoms with E-state index in [1.165, 1.54) is 308 Å². The first kappa shape index (κ1) is 69.1. The average molecular weight is 989 g/mol. The lowest BCUT2D eigenvalue weighted by molar-refractivity contribution is -0.124. The first-order valence-corrected chi connectivity index (χ1v) is 32.5. The highest BCUT2D eigenvalue weighted by atomic mass is 16.3. The minimum atomic E-state index is -1.16. The van der Waals surface area contributed by atoms with Gasteiger partial charge in [-0.1, -0.05) is 341 Å². The maximum absolute atomic E-state index is 12.6. The first-order valence-electron chi connectivity index (χ1n) is 32.5. The van der Waals surface area contributed by atoms with Crippen molar-refractivity contribution >= 4 is 5.91 Å². The Kier molecular flexibility index (Phi) is 59.9. The van der Waals surface area contributed by atoms with Gasteiger partial charge in [0.05, 0.1) is 18.8 Å². The summed E-state index contributed by atoms with van der Waals surface area (Å²) in [5.74, 6) is -0.145. The maximum Gasteiger partial charge on any atom is 0.220 e. The molecule has 0 spiro atoms. The Hall–Kier alpha value is -0.910. The summed E-state index contributed by atoms with van der Waals surface area (Å²) in [6.07, 6.45) is 77.0. The van der Waals surface area contributed by atoms with E-state index in [0.29, 0.717) is 12.8 Å². The highest BCUT2D eigenvalue weighted by Gasteiger charge is 2.26. The van der Waals surface area contributed by atoms with Crippen LogP contribution >= 0.6 is 0 Å². The van der Waals surface area contributed by atoms with Crippen LogP contribution in [-0.4, -0.2) is 46.1 Å². The van der Waals surface area contributed by atoms with E-state index in [9.17, 15) is 20.1 Å². The van der Waals surface area contributed by atoms with Gasteiger partial charge >= 0.3 is 0 Å². The van der Waals surface area contributed by atoms with Gasteiger partial charge in [-0.15, -0.1) is 0 Å².